The maximum Gasteiger partial charge on any atom is 0.320 e. The summed E-state index contributed by atoms with van der Waals surface area (Å²) in [5, 5.41) is 0. The van der Waals surface area contributed by atoms with Crippen LogP contribution in [0.4, 0.5) is 4.79 Å². The van der Waals surface area contributed by atoms with Crippen LogP contribution in [0.25, 0.3) is 0 Å². The third-order valence-electron chi connectivity index (χ3n) is 6.45. The molecule has 2 aromatic carbocycles. The van der Waals surface area contributed by atoms with E-state index in [1.165, 1.54) is 5.56 Å². The van der Waals surface area contributed by atoms with Gasteiger partial charge in [0.15, 0.2) is 0 Å². The first-order valence-corrected chi connectivity index (χ1v) is 12.4. The molecule has 0 spiro atoms. The van der Waals surface area contributed by atoms with Gasteiger partial charge < -0.3 is 9.80 Å². The number of urea groups is 1. The summed E-state index contributed by atoms with van der Waals surface area (Å²) in [5.41, 5.74) is 4.06. The zero-order valence-electron chi connectivity index (χ0n) is 18.5. The van der Waals surface area contributed by atoms with Crippen LogP contribution < -0.4 is 0 Å². The highest BCUT2D eigenvalue weighted by molar-refractivity contribution is 7.89. The molecule has 2 fully saturated rings. The quantitative estimate of drug-likeness (QED) is 0.711. The number of nitrogens with zero attached hydrogens (tertiary/aromatic N) is 3. The standard InChI is InChI=1S/C24H31N3O3S/c1-18-5-8-21(9-6-18)17-25-14-15-27(24(25)28)22-10-12-26(13-11-22)31(29,30)23-16-19(2)4-7-20(23)3/h4-9,16,22H,10-15,17H2,1-3H3. The first-order chi connectivity index (χ1) is 14.8. The molecule has 2 aliphatic rings. The van der Waals surface area contributed by atoms with Crippen LogP contribution in [-0.2, 0) is 16.6 Å². The van der Waals surface area contributed by atoms with Crippen molar-refractivity contribution >= 4 is 16.1 Å². The monoisotopic (exact) mass is 441 g/mol. The van der Waals surface area contributed by atoms with Gasteiger partial charge in [-0.3, -0.25) is 0 Å². The van der Waals surface area contributed by atoms with Gasteiger partial charge in [0.2, 0.25) is 10.0 Å². The summed E-state index contributed by atoms with van der Waals surface area (Å²) in [6.45, 7) is 8.74. The van der Waals surface area contributed by atoms with E-state index in [1.807, 2.05) is 35.8 Å². The number of rotatable bonds is 5. The number of amides is 2. The Kier molecular flexibility index (Phi) is 6.08. The van der Waals surface area contributed by atoms with Crippen molar-refractivity contribution in [1.29, 1.82) is 0 Å². The summed E-state index contributed by atoms with van der Waals surface area (Å²) in [4.78, 5) is 17.2. The second kappa shape index (κ2) is 8.63. The summed E-state index contributed by atoms with van der Waals surface area (Å²) in [7, 11) is -3.51. The lowest BCUT2D eigenvalue weighted by Crippen LogP contribution is -2.48. The van der Waals surface area contributed by atoms with E-state index in [0.717, 1.165) is 16.7 Å². The summed E-state index contributed by atoms with van der Waals surface area (Å²) < 4.78 is 27.9. The number of carbonyl (C=O) groups excluding carboxylic acids is 1. The Morgan fingerprint density at radius 1 is 0.871 bits per heavy atom. The summed E-state index contributed by atoms with van der Waals surface area (Å²) >= 11 is 0. The molecule has 2 aliphatic heterocycles. The van der Waals surface area contributed by atoms with Crippen molar-refractivity contribution in [1.82, 2.24) is 14.1 Å². The number of piperidine rings is 1. The van der Waals surface area contributed by atoms with Gasteiger partial charge in [-0.2, -0.15) is 4.31 Å². The van der Waals surface area contributed by atoms with Gasteiger partial charge in [0.1, 0.15) is 0 Å². The summed E-state index contributed by atoms with van der Waals surface area (Å²) in [5.74, 6) is 0. The first kappa shape index (κ1) is 21.8. The van der Waals surface area contributed by atoms with Crippen molar-refractivity contribution < 1.29 is 13.2 Å². The molecular weight excluding hydrogens is 410 g/mol. The van der Waals surface area contributed by atoms with E-state index >= 15 is 0 Å². The highest BCUT2D eigenvalue weighted by atomic mass is 32.2. The molecule has 2 heterocycles. The molecule has 0 atom stereocenters. The SMILES string of the molecule is Cc1ccc(CN2CCN(C3CCN(S(=O)(=O)c4cc(C)ccc4C)CC3)C2=O)cc1. The molecule has 2 aromatic rings. The summed E-state index contributed by atoms with van der Waals surface area (Å²) in [6, 6.07) is 14.0. The van der Waals surface area contributed by atoms with Gasteiger partial charge in [0, 0.05) is 38.8 Å². The van der Waals surface area contributed by atoms with E-state index in [-0.39, 0.29) is 12.1 Å². The van der Waals surface area contributed by atoms with Gasteiger partial charge in [0.05, 0.1) is 4.90 Å². The highest BCUT2D eigenvalue weighted by Gasteiger charge is 2.37. The predicted molar refractivity (Wildman–Crippen MR) is 121 cm³/mol. The van der Waals surface area contributed by atoms with Crippen LogP contribution in [0, 0.1) is 20.8 Å². The van der Waals surface area contributed by atoms with E-state index in [1.54, 1.807) is 10.4 Å². The van der Waals surface area contributed by atoms with Gasteiger partial charge in [0.25, 0.3) is 0 Å². The van der Waals surface area contributed by atoms with Crippen LogP contribution in [0.2, 0.25) is 0 Å². The number of carbonyl (C=O) groups is 1. The molecule has 0 unspecified atom stereocenters. The molecule has 0 N–H and O–H groups in total. The average Bonchev–Trinajstić information content (AvgIpc) is 3.11. The lowest BCUT2D eigenvalue weighted by molar-refractivity contribution is 0.153. The number of hydrogen-bond donors (Lipinski definition) is 0. The smallest absolute Gasteiger partial charge is 0.320 e. The molecular formula is C24H31N3O3S. The van der Waals surface area contributed by atoms with Crippen molar-refractivity contribution in [3.63, 3.8) is 0 Å². The molecule has 0 bridgehead atoms. The Bertz CT molecular complexity index is 1060. The zero-order chi connectivity index (χ0) is 22.2. The molecule has 0 radical (unpaired) electrons. The Hall–Kier alpha value is -2.38. The third-order valence-corrected chi connectivity index (χ3v) is 8.49. The van der Waals surface area contributed by atoms with Crippen molar-refractivity contribution in [3.05, 3.63) is 64.7 Å². The summed E-state index contributed by atoms with van der Waals surface area (Å²) in [6.07, 6.45) is 1.35. The van der Waals surface area contributed by atoms with Crippen LogP contribution in [0.3, 0.4) is 0 Å². The van der Waals surface area contributed by atoms with Crippen LogP contribution in [0.5, 0.6) is 0 Å². The minimum atomic E-state index is -3.51. The Balaban J connectivity index is 1.38. The maximum atomic E-state index is 13.2. The molecule has 31 heavy (non-hydrogen) atoms. The van der Waals surface area contributed by atoms with Crippen LogP contribution in [-0.4, -0.2) is 60.8 Å². The molecule has 0 aliphatic carbocycles. The van der Waals surface area contributed by atoms with Crippen molar-refractivity contribution in [3.8, 4) is 0 Å². The maximum absolute atomic E-state index is 13.2. The van der Waals surface area contributed by atoms with Gasteiger partial charge in [-0.05, 0) is 56.4 Å². The van der Waals surface area contributed by atoms with Gasteiger partial charge in [-0.1, -0.05) is 42.0 Å². The van der Waals surface area contributed by atoms with Gasteiger partial charge in [-0.15, -0.1) is 0 Å². The minimum absolute atomic E-state index is 0.0661. The second-order valence-corrected chi connectivity index (χ2v) is 10.7. The number of benzene rings is 2. The Morgan fingerprint density at radius 3 is 2.19 bits per heavy atom. The lowest BCUT2D eigenvalue weighted by Gasteiger charge is -2.36. The fourth-order valence-electron chi connectivity index (χ4n) is 4.52. The van der Waals surface area contributed by atoms with Crippen molar-refractivity contribution in [2.45, 2.75) is 51.1 Å². The first-order valence-electron chi connectivity index (χ1n) is 10.9. The van der Waals surface area contributed by atoms with Crippen LogP contribution in [0.15, 0.2) is 47.4 Å². The second-order valence-electron chi connectivity index (χ2n) is 8.79. The highest BCUT2D eigenvalue weighted by Crippen LogP contribution is 2.27. The molecule has 0 aromatic heterocycles. The Labute approximate surface area is 185 Å². The number of sulfonamides is 1. The fourth-order valence-corrected chi connectivity index (χ4v) is 6.30. The van der Waals surface area contributed by atoms with E-state index in [2.05, 4.69) is 31.2 Å². The topological polar surface area (TPSA) is 60.9 Å². The molecule has 4 rings (SSSR count). The van der Waals surface area contributed by atoms with Crippen molar-refractivity contribution in [2.75, 3.05) is 26.2 Å². The van der Waals surface area contributed by atoms with Gasteiger partial charge >= 0.3 is 6.03 Å². The largest absolute Gasteiger partial charge is 0.320 e. The normalized spacial score (nSPS) is 18.7. The van der Waals surface area contributed by atoms with E-state index in [4.69, 9.17) is 0 Å². The Morgan fingerprint density at radius 2 is 1.52 bits per heavy atom. The molecule has 2 saturated heterocycles. The minimum Gasteiger partial charge on any atom is -0.320 e. The molecule has 0 saturated carbocycles. The molecule has 7 heteroatoms. The third kappa shape index (κ3) is 4.48. The lowest BCUT2D eigenvalue weighted by atomic mass is 10.1. The predicted octanol–water partition coefficient (Wildman–Crippen LogP) is 3.70. The molecule has 6 nitrogen and oxygen atoms in total. The number of hydrogen-bond acceptors (Lipinski definition) is 3. The van der Waals surface area contributed by atoms with E-state index in [9.17, 15) is 13.2 Å². The number of aryl methyl sites for hydroxylation is 3. The van der Waals surface area contributed by atoms with Crippen LogP contribution >= 0.6 is 0 Å². The molecule has 166 valence electrons. The van der Waals surface area contributed by atoms with E-state index in [0.29, 0.717) is 50.5 Å². The molecule has 2 amide bonds. The van der Waals surface area contributed by atoms with Crippen molar-refractivity contribution in [2.24, 2.45) is 0 Å². The average molecular weight is 442 g/mol. The van der Waals surface area contributed by atoms with Crippen LogP contribution in [0.1, 0.15) is 35.1 Å². The van der Waals surface area contributed by atoms with E-state index < -0.39 is 10.0 Å². The van der Waals surface area contributed by atoms with Gasteiger partial charge in [-0.25, -0.2) is 13.2 Å². The fraction of sp³-hybridized carbons (Fsp3) is 0.458. The zero-order valence-corrected chi connectivity index (χ0v) is 19.4.